The Balaban J connectivity index is 0.000000661. The zero-order chi connectivity index (χ0) is 17.0. The lowest BCUT2D eigenvalue weighted by Gasteiger charge is -1.90. The second-order valence-corrected chi connectivity index (χ2v) is 6.87. The Hall–Kier alpha value is -0.900. The Morgan fingerprint density at radius 2 is 1.09 bits per heavy atom. The third kappa shape index (κ3) is 6.07. The first-order valence-electron chi connectivity index (χ1n) is 8.03. The molecule has 3 aromatic heterocycles. The standard InChI is InChI=1S/C13H10S3.3C2H6/c1-9-4-5-12(15-9)13-7-6-11(16-13)10-3-2-8-14-10;3*1-2/h2-8H,1H3;3*1-2H3. The van der Waals surface area contributed by atoms with Crippen LogP contribution in [0.25, 0.3) is 19.5 Å². The largest absolute Gasteiger partial charge is 0.143 e. The molecule has 0 nitrogen and oxygen atoms in total. The Morgan fingerprint density at radius 1 is 0.591 bits per heavy atom. The van der Waals surface area contributed by atoms with Crippen molar-refractivity contribution in [3.63, 3.8) is 0 Å². The van der Waals surface area contributed by atoms with Gasteiger partial charge in [-0.3, -0.25) is 0 Å². The minimum Gasteiger partial charge on any atom is -0.143 e. The summed E-state index contributed by atoms with van der Waals surface area (Å²) in [4.78, 5) is 6.87. The van der Waals surface area contributed by atoms with E-state index in [9.17, 15) is 0 Å². The molecule has 0 atom stereocenters. The molecule has 0 N–H and O–H groups in total. The van der Waals surface area contributed by atoms with E-state index >= 15 is 0 Å². The predicted octanol–water partition coefficient (Wildman–Crippen LogP) is 8.59. The highest BCUT2D eigenvalue weighted by Gasteiger charge is 2.06. The van der Waals surface area contributed by atoms with Gasteiger partial charge in [0.2, 0.25) is 0 Å². The van der Waals surface area contributed by atoms with Gasteiger partial charge in [0, 0.05) is 24.4 Å². The van der Waals surface area contributed by atoms with Crippen LogP contribution in [0.3, 0.4) is 0 Å². The molecule has 22 heavy (non-hydrogen) atoms. The van der Waals surface area contributed by atoms with Crippen LogP contribution < -0.4 is 0 Å². The maximum Gasteiger partial charge on any atom is 0.0449 e. The van der Waals surface area contributed by atoms with Crippen molar-refractivity contribution in [2.75, 3.05) is 0 Å². The molecule has 0 aliphatic rings. The number of thiophene rings is 3. The summed E-state index contributed by atoms with van der Waals surface area (Å²) in [7, 11) is 0. The van der Waals surface area contributed by atoms with Crippen LogP contribution in [-0.4, -0.2) is 0 Å². The second kappa shape index (κ2) is 12.6. The summed E-state index contributed by atoms with van der Waals surface area (Å²) in [6.45, 7) is 14.2. The van der Waals surface area contributed by atoms with Crippen molar-refractivity contribution < 1.29 is 0 Å². The van der Waals surface area contributed by atoms with Crippen LogP contribution in [0, 0.1) is 6.92 Å². The van der Waals surface area contributed by atoms with Gasteiger partial charge in [-0.25, -0.2) is 0 Å². The van der Waals surface area contributed by atoms with Crippen LogP contribution >= 0.6 is 34.0 Å². The molecule has 3 rings (SSSR count). The third-order valence-corrected chi connectivity index (χ3v) is 5.70. The van der Waals surface area contributed by atoms with Crippen LogP contribution in [0.15, 0.2) is 41.8 Å². The van der Waals surface area contributed by atoms with Crippen molar-refractivity contribution in [1.29, 1.82) is 0 Å². The van der Waals surface area contributed by atoms with Gasteiger partial charge in [-0.15, -0.1) is 34.0 Å². The summed E-state index contributed by atoms with van der Waals surface area (Å²) >= 11 is 5.55. The first kappa shape index (κ1) is 21.1. The molecule has 122 valence electrons. The topological polar surface area (TPSA) is 0 Å². The quantitative estimate of drug-likeness (QED) is 0.433. The molecule has 0 saturated carbocycles. The minimum atomic E-state index is 1.37. The van der Waals surface area contributed by atoms with E-state index in [4.69, 9.17) is 0 Å². The molecule has 0 aliphatic heterocycles. The van der Waals surface area contributed by atoms with Crippen molar-refractivity contribution in [1.82, 2.24) is 0 Å². The van der Waals surface area contributed by atoms with E-state index in [1.807, 2.05) is 64.2 Å². The van der Waals surface area contributed by atoms with Crippen molar-refractivity contribution in [2.45, 2.75) is 48.5 Å². The van der Waals surface area contributed by atoms with Gasteiger partial charge in [-0.2, -0.15) is 0 Å². The van der Waals surface area contributed by atoms with Crippen molar-refractivity contribution >= 4 is 34.0 Å². The molecular weight excluding hydrogens is 324 g/mol. The highest BCUT2D eigenvalue weighted by molar-refractivity contribution is 7.26. The van der Waals surface area contributed by atoms with Crippen LogP contribution in [0.5, 0.6) is 0 Å². The lowest BCUT2D eigenvalue weighted by Crippen LogP contribution is -1.57. The first-order chi connectivity index (χ1) is 10.8. The number of rotatable bonds is 2. The van der Waals surface area contributed by atoms with Crippen LogP contribution in [0.4, 0.5) is 0 Å². The van der Waals surface area contributed by atoms with E-state index in [0.29, 0.717) is 0 Å². The molecule has 0 radical (unpaired) electrons. The molecule has 3 heterocycles. The average molecular weight is 353 g/mol. The van der Waals surface area contributed by atoms with Crippen LogP contribution in [-0.2, 0) is 0 Å². The highest BCUT2D eigenvalue weighted by atomic mass is 32.1. The molecule has 0 aromatic carbocycles. The fourth-order valence-corrected chi connectivity index (χ4v) is 4.39. The molecule has 0 bridgehead atoms. The summed E-state index contributed by atoms with van der Waals surface area (Å²) in [5.74, 6) is 0. The van der Waals surface area contributed by atoms with Gasteiger partial charge in [0.1, 0.15) is 0 Å². The Bertz CT molecular complexity index is 586. The van der Waals surface area contributed by atoms with Crippen molar-refractivity contribution in [3.8, 4) is 19.5 Å². The van der Waals surface area contributed by atoms with Gasteiger partial charge < -0.3 is 0 Å². The normalized spacial score (nSPS) is 8.68. The number of hydrogen-bond acceptors (Lipinski definition) is 3. The fourth-order valence-electron chi connectivity index (χ4n) is 1.59. The van der Waals surface area contributed by atoms with Crippen LogP contribution in [0.2, 0.25) is 0 Å². The van der Waals surface area contributed by atoms with Gasteiger partial charge in [-0.1, -0.05) is 47.6 Å². The summed E-state index contributed by atoms with van der Waals surface area (Å²) in [6, 6.07) is 13.1. The Morgan fingerprint density at radius 3 is 1.55 bits per heavy atom. The molecule has 0 aliphatic carbocycles. The molecule has 0 saturated heterocycles. The summed E-state index contributed by atoms with van der Waals surface area (Å²) in [6.07, 6.45) is 0. The zero-order valence-corrected chi connectivity index (χ0v) is 17.2. The monoisotopic (exact) mass is 352 g/mol. The fraction of sp³-hybridized carbons (Fsp3) is 0.368. The number of aryl methyl sites for hydroxylation is 1. The van der Waals surface area contributed by atoms with Gasteiger partial charge in [0.15, 0.2) is 0 Å². The summed E-state index contributed by atoms with van der Waals surface area (Å²) in [5, 5.41) is 2.13. The molecular formula is C19H28S3. The van der Waals surface area contributed by atoms with E-state index < -0.39 is 0 Å². The third-order valence-electron chi connectivity index (χ3n) is 2.35. The maximum absolute atomic E-state index is 2.23. The Kier molecular flexibility index (Phi) is 12.1. The molecule has 3 heteroatoms. The van der Waals surface area contributed by atoms with E-state index in [2.05, 4.69) is 48.7 Å². The van der Waals surface area contributed by atoms with Gasteiger partial charge >= 0.3 is 0 Å². The molecule has 0 spiro atoms. The van der Waals surface area contributed by atoms with Crippen LogP contribution in [0.1, 0.15) is 46.4 Å². The molecule has 3 aromatic rings. The van der Waals surface area contributed by atoms with Crippen molar-refractivity contribution in [3.05, 3.63) is 46.7 Å². The predicted molar refractivity (Wildman–Crippen MR) is 110 cm³/mol. The molecule has 0 unspecified atom stereocenters. The average Bonchev–Trinajstić information content (AvgIpc) is 3.34. The minimum absolute atomic E-state index is 1.37. The summed E-state index contributed by atoms with van der Waals surface area (Å²) in [5.41, 5.74) is 0. The van der Waals surface area contributed by atoms with Gasteiger partial charge in [-0.05, 0) is 42.6 Å². The highest BCUT2D eigenvalue weighted by Crippen LogP contribution is 2.38. The molecule has 0 amide bonds. The van der Waals surface area contributed by atoms with Gasteiger partial charge in [0.05, 0.1) is 0 Å². The summed E-state index contributed by atoms with van der Waals surface area (Å²) < 4.78 is 0. The van der Waals surface area contributed by atoms with E-state index in [1.165, 1.54) is 24.4 Å². The smallest absolute Gasteiger partial charge is 0.0449 e. The first-order valence-corrected chi connectivity index (χ1v) is 10.5. The SMILES string of the molecule is CC.CC.CC.Cc1ccc(-c2ccc(-c3cccs3)s2)s1. The number of hydrogen-bond donors (Lipinski definition) is 0. The van der Waals surface area contributed by atoms with Crippen molar-refractivity contribution in [2.24, 2.45) is 0 Å². The lowest BCUT2D eigenvalue weighted by atomic mass is 10.3. The van der Waals surface area contributed by atoms with E-state index in [-0.39, 0.29) is 0 Å². The molecule has 0 fully saturated rings. The van der Waals surface area contributed by atoms with Gasteiger partial charge in [0.25, 0.3) is 0 Å². The second-order valence-electron chi connectivity index (χ2n) is 3.55. The van der Waals surface area contributed by atoms with E-state index in [0.717, 1.165) is 0 Å². The Labute approximate surface area is 148 Å². The zero-order valence-electron chi connectivity index (χ0n) is 14.8. The van der Waals surface area contributed by atoms with E-state index in [1.54, 1.807) is 11.3 Å². The maximum atomic E-state index is 2.23. The lowest BCUT2D eigenvalue weighted by molar-refractivity contribution is 1.50.